The topological polar surface area (TPSA) is 67.8 Å². The number of hydrogen-bond donors (Lipinski definition) is 2. The molecule has 0 radical (unpaired) electrons. The maximum Gasteiger partial charge on any atom is 0.306 e. The molecule has 1 unspecified atom stereocenters. The van der Waals surface area contributed by atoms with Crippen LogP contribution in [0, 0.1) is 5.41 Å². The first-order chi connectivity index (χ1) is 11.6. The van der Waals surface area contributed by atoms with Crippen LogP contribution in [0.25, 0.3) is 0 Å². The number of hydrogen-bond acceptors (Lipinski definition) is 5. The highest BCUT2D eigenvalue weighted by molar-refractivity contribution is 5.71. The molecule has 1 aromatic rings. The molecule has 0 aromatic heterocycles. The Hall–Kier alpha value is -2.43. The molecular formula is C19H21NO4. The van der Waals surface area contributed by atoms with E-state index in [0.717, 1.165) is 12.1 Å². The molecule has 24 heavy (non-hydrogen) atoms. The fourth-order valence-electron chi connectivity index (χ4n) is 3.95. The summed E-state index contributed by atoms with van der Waals surface area (Å²) >= 11 is 0. The van der Waals surface area contributed by atoms with Crippen LogP contribution in [0.15, 0.2) is 41.7 Å². The van der Waals surface area contributed by atoms with Crippen LogP contribution in [-0.4, -0.2) is 18.2 Å². The summed E-state index contributed by atoms with van der Waals surface area (Å²) in [5.41, 5.74) is 3.67. The van der Waals surface area contributed by atoms with E-state index < -0.39 is 0 Å². The molecule has 4 rings (SSSR count). The number of allylic oxidation sites excluding steroid dienone is 1. The lowest BCUT2D eigenvalue weighted by molar-refractivity contribution is -0.141. The van der Waals surface area contributed by atoms with Gasteiger partial charge in [-0.05, 0) is 60.9 Å². The van der Waals surface area contributed by atoms with Gasteiger partial charge in [-0.15, -0.1) is 0 Å². The number of anilines is 1. The lowest BCUT2D eigenvalue weighted by atomic mass is 9.87. The Bertz CT molecular complexity index is 774. The minimum absolute atomic E-state index is 0.141. The van der Waals surface area contributed by atoms with Gasteiger partial charge >= 0.3 is 5.97 Å². The highest BCUT2D eigenvalue weighted by atomic mass is 16.5. The molecule has 1 saturated carbocycles. The lowest BCUT2D eigenvalue weighted by Crippen LogP contribution is -2.18. The van der Waals surface area contributed by atoms with Crippen molar-refractivity contribution in [2.24, 2.45) is 5.41 Å². The first-order valence-corrected chi connectivity index (χ1v) is 8.31. The van der Waals surface area contributed by atoms with Gasteiger partial charge in [-0.2, -0.15) is 0 Å². The smallest absolute Gasteiger partial charge is 0.306 e. The van der Waals surface area contributed by atoms with E-state index in [4.69, 9.17) is 9.47 Å². The molecule has 126 valence electrons. The van der Waals surface area contributed by atoms with E-state index in [1.165, 1.54) is 31.1 Å². The third-order valence-electron chi connectivity index (χ3n) is 5.47. The summed E-state index contributed by atoms with van der Waals surface area (Å²) in [7, 11) is 1.45. The fraction of sp³-hybridized carbons (Fsp3) is 0.421. The normalized spacial score (nSPS) is 24.4. The average Bonchev–Trinajstić information content (AvgIpc) is 3.29. The van der Waals surface area contributed by atoms with Gasteiger partial charge in [0, 0.05) is 11.6 Å². The molecule has 1 atom stereocenters. The number of rotatable bonds is 4. The second-order valence-corrected chi connectivity index (χ2v) is 6.84. The van der Waals surface area contributed by atoms with Crippen LogP contribution in [0.5, 0.6) is 0 Å². The summed E-state index contributed by atoms with van der Waals surface area (Å²) in [5, 5.41) is 13.0. The third-order valence-corrected chi connectivity index (χ3v) is 5.47. The molecule has 3 aliphatic rings. The van der Waals surface area contributed by atoms with Crippen LogP contribution in [0.1, 0.15) is 43.2 Å². The first-order valence-electron chi connectivity index (χ1n) is 8.31. The number of carbonyl (C=O) groups is 1. The van der Waals surface area contributed by atoms with Crippen LogP contribution >= 0.6 is 0 Å². The highest BCUT2D eigenvalue weighted by Gasteiger charge is 2.54. The molecule has 2 aliphatic carbocycles. The zero-order valence-electron chi connectivity index (χ0n) is 13.9. The van der Waals surface area contributed by atoms with Crippen molar-refractivity contribution >= 4 is 11.7 Å². The molecule has 0 saturated heterocycles. The molecule has 5 heteroatoms. The van der Waals surface area contributed by atoms with Crippen LogP contribution in [0.2, 0.25) is 0 Å². The standard InChI is InChI=1S/C19H21NO4/c1-3-15-17(22)18(24-15)20-12-4-5-13-11(8-12)10-19(6-7-19)14(13)9-16(21)23-2/h3-5,8,14,20,22H,6-7,9-10H2,1-2H3/b15-3+. The quantitative estimate of drug-likeness (QED) is 0.825. The fourth-order valence-corrected chi connectivity index (χ4v) is 3.95. The Morgan fingerprint density at radius 3 is 2.92 bits per heavy atom. The van der Waals surface area contributed by atoms with Crippen molar-refractivity contribution in [3.8, 4) is 0 Å². The number of ether oxygens (including phenoxy) is 2. The molecule has 0 bridgehead atoms. The van der Waals surface area contributed by atoms with Crippen molar-refractivity contribution < 1.29 is 19.4 Å². The van der Waals surface area contributed by atoms with E-state index in [-0.39, 0.29) is 23.1 Å². The van der Waals surface area contributed by atoms with Gasteiger partial charge in [-0.1, -0.05) is 6.07 Å². The molecule has 5 nitrogen and oxygen atoms in total. The van der Waals surface area contributed by atoms with Gasteiger partial charge in [0.05, 0.1) is 13.5 Å². The number of nitrogens with one attached hydrogen (secondary N) is 1. The Kier molecular flexibility index (Phi) is 3.34. The highest BCUT2D eigenvalue weighted by Crippen LogP contribution is 2.64. The molecule has 1 fully saturated rings. The summed E-state index contributed by atoms with van der Waals surface area (Å²) in [6, 6.07) is 6.16. The summed E-state index contributed by atoms with van der Waals surface area (Å²) in [4.78, 5) is 11.8. The van der Waals surface area contributed by atoms with Crippen molar-refractivity contribution in [2.75, 3.05) is 12.4 Å². The SMILES string of the molecule is C/C=C1/OC(Nc2ccc3c(c2)CC2(CC2)C3CC(=O)OC)=C1O. The van der Waals surface area contributed by atoms with Gasteiger partial charge in [0.25, 0.3) is 0 Å². The van der Waals surface area contributed by atoms with Crippen LogP contribution in [0.4, 0.5) is 5.69 Å². The minimum atomic E-state index is -0.141. The van der Waals surface area contributed by atoms with E-state index >= 15 is 0 Å². The van der Waals surface area contributed by atoms with Crippen LogP contribution in [-0.2, 0) is 20.7 Å². The van der Waals surface area contributed by atoms with Crippen molar-refractivity contribution in [1.29, 1.82) is 0 Å². The number of benzene rings is 1. The van der Waals surface area contributed by atoms with E-state index in [1.54, 1.807) is 6.08 Å². The largest absolute Gasteiger partial charge is 0.501 e. The number of esters is 1. The summed E-state index contributed by atoms with van der Waals surface area (Å²) in [6.45, 7) is 1.81. The summed E-state index contributed by atoms with van der Waals surface area (Å²) in [6.07, 6.45) is 5.52. The van der Waals surface area contributed by atoms with E-state index in [0.29, 0.717) is 18.1 Å². The maximum atomic E-state index is 11.8. The number of aliphatic hydroxyl groups excluding tert-OH is 1. The Morgan fingerprint density at radius 2 is 2.29 bits per heavy atom. The second-order valence-electron chi connectivity index (χ2n) is 6.84. The van der Waals surface area contributed by atoms with E-state index in [9.17, 15) is 9.90 Å². The lowest BCUT2D eigenvalue weighted by Gasteiger charge is -2.24. The van der Waals surface area contributed by atoms with Crippen LogP contribution in [0.3, 0.4) is 0 Å². The molecule has 1 aromatic carbocycles. The van der Waals surface area contributed by atoms with Crippen molar-refractivity contribution in [1.82, 2.24) is 0 Å². The summed E-state index contributed by atoms with van der Waals surface area (Å²) < 4.78 is 10.3. The predicted molar refractivity (Wildman–Crippen MR) is 89.3 cm³/mol. The zero-order chi connectivity index (χ0) is 16.9. The molecule has 1 aliphatic heterocycles. The first kappa shape index (κ1) is 15.1. The van der Waals surface area contributed by atoms with Gasteiger partial charge in [-0.25, -0.2) is 0 Å². The Balaban J connectivity index is 1.57. The average molecular weight is 327 g/mol. The molecule has 1 heterocycles. The summed E-state index contributed by atoms with van der Waals surface area (Å²) in [5.74, 6) is 1.15. The van der Waals surface area contributed by atoms with Gasteiger partial charge in [0.15, 0.2) is 5.76 Å². The Labute approximate surface area is 141 Å². The van der Waals surface area contributed by atoms with Crippen molar-refractivity contribution in [3.63, 3.8) is 0 Å². The van der Waals surface area contributed by atoms with Gasteiger partial charge < -0.3 is 19.9 Å². The monoisotopic (exact) mass is 327 g/mol. The van der Waals surface area contributed by atoms with Gasteiger partial charge in [0.1, 0.15) is 0 Å². The second kappa shape index (κ2) is 5.30. The van der Waals surface area contributed by atoms with Crippen LogP contribution < -0.4 is 5.32 Å². The third kappa shape index (κ3) is 2.27. The molecule has 0 amide bonds. The Morgan fingerprint density at radius 1 is 1.50 bits per heavy atom. The van der Waals surface area contributed by atoms with Crippen molar-refractivity contribution in [2.45, 2.75) is 38.5 Å². The van der Waals surface area contributed by atoms with E-state index in [1.807, 2.05) is 13.0 Å². The molecule has 1 spiro atoms. The van der Waals surface area contributed by atoms with Crippen molar-refractivity contribution in [3.05, 3.63) is 52.8 Å². The molecule has 2 N–H and O–H groups in total. The number of carbonyl (C=O) groups excluding carboxylic acids is 1. The predicted octanol–water partition coefficient (Wildman–Crippen LogP) is 3.74. The van der Waals surface area contributed by atoms with Gasteiger partial charge in [-0.3, -0.25) is 4.79 Å². The minimum Gasteiger partial charge on any atom is -0.501 e. The van der Waals surface area contributed by atoms with Gasteiger partial charge in [0.2, 0.25) is 11.6 Å². The maximum absolute atomic E-state index is 11.8. The zero-order valence-corrected chi connectivity index (χ0v) is 13.9. The number of fused-ring (bicyclic) bond motifs is 1. The molecular weight excluding hydrogens is 306 g/mol. The number of methoxy groups -OCH3 is 1. The number of aliphatic hydroxyl groups is 1. The van der Waals surface area contributed by atoms with E-state index in [2.05, 4.69) is 17.4 Å².